The van der Waals surface area contributed by atoms with Crippen molar-refractivity contribution in [1.29, 1.82) is 0 Å². The summed E-state index contributed by atoms with van der Waals surface area (Å²) in [5.41, 5.74) is 1.86. The van der Waals surface area contributed by atoms with E-state index in [0.717, 1.165) is 30.5 Å². The molecule has 3 rings (SSSR count). The van der Waals surface area contributed by atoms with Crippen LogP contribution in [-0.2, 0) is 4.79 Å². The second-order valence-electron chi connectivity index (χ2n) is 6.19. The number of hydrogen-bond acceptors (Lipinski definition) is 3. The first-order valence-electron chi connectivity index (χ1n) is 8.30. The Morgan fingerprint density at radius 3 is 2.22 bits per heavy atom. The molecule has 3 heteroatoms. The predicted octanol–water partition coefficient (Wildman–Crippen LogP) is 3.22. The Labute approximate surface area is 137 Å². The molecular weight excluding hydrogens is 286 g/mol. The summed E-state index contributed by atoms with van der Waals surface area (Å²) in [6.07, 6.45) is 1.64. The van der Waals surface area contributed by atoms with Gasteiger partial charge in [-0.05, 0) is 30.5 Å². The molecule has 1 aliphatic rings. The highest BCUT2D eigenvalue weighted by Crippen LogP contribution is 2.34. The molecular formula is C20H23NO2. The first-order chi connectivity index (χ1) is 11.3. The van der Waals surface area contributed by atoms with Gasteiger partial charge in [0.15, 0.2) is 0 Å². The van der Waals surface area contributed by atoms with Gasteiger partial charge < -0.3 is 10.4 Å². The third-order valence-corrected chi connectivity index (χ3v) is 4.62. The first-order valence-corrected chi connectivity index (χ1v) is 8.30. The predicted molar refractivity (Wildman–Crippen MR) is 91.2 cm³/mol. The van der Waals surface area contributed by atoms with E-state index in [9.17, 15) is 9.90 Å². The van der Waals surface area contributed by atoms with Gasteiger partial charge in [0, 0.05) is 12.3 Å². The van der Waals surface area contributed by atoms with Crippen LogP contribution in [0.3, 0.4) is 0 Å². The highest BCUT2D eigenvalue weighted by atomic mass is 16.3. The molecule has 120 valence electrons. The smallest absolute Gasteiger partial charge is 0.150 e. The number of carbonyl (C=O) groups is 1. The van der Waals surface area contributed by atoms with Crippen LogP contribution in [0.1, 0.15) is 42.4 Å². The standard InChI is InChI=1S/C20H23NO2/c22-19(18-12-7-13-21-18)14-17(15-8-3-1-4-9-15)20(23)16-10-5-2-6-11-16/h1-6,8-11,17-18,20-21,23H,7,12-14H2/t17-,18-,20-/m1/s1. The first kappa shape index (κ1) is 15.9. The lowest BCUT2D eigenvalue weighted by atomic mass is 9.84. The van der Waals surface area contributed by atoms with Gasteiger partial charge in [-0.1, -0.05) is 60.7 Å². The summed E-state index contributed by atoms with van der Waals surface area (Å²) >= 11 is 0. The minimum Gasteiger partial charge on any atom is -0.388 e. The van der Waals surface area contributed by atoms with Crippen molar-refractivity contribution in [3.63, 3.8) is 0 Å². The molecule has 1 saturated heterocycles. The van der Waals surface area contributed by atoms with E-state index >= 15 is 0 Å². The van der Waals surface area contributed by atoms with E-state index in [0.29, 0.717) is 6.42 Å². The largest absolute Gasteiger partial charge is 0.388 e. The summed E-state index contributed by atoms with van der Waals surface area (Å²) < 4.78 is 0. The number of benzene rings is 2. The Morgan fingerprint density at radius 1 is 1.04 bits per heavy atom. The lowest BCUT2D eigenvalue weighted by Crippen LogP contribution is -2.32. The van der Waals surface area contributed by atoms with Gasteiger partial charge in [0.1, 0.15) is 5.78 Å². The van der Waals surface area contributed by atoms with Crippen LogP contribution in [0, 0.1) is 0 Å². The fraction of sp³-hybridized carbons (Fsp3) is 0.350. The van der Waals surface area contributed by atoms with E-state index < -0.39 is 6.10 Å². The Hall–Kier alpha value is -1.97. The van der Waals surface area contributed by atoms with E-state index in [1.54, 1.807) is 0 Å². The average Bonchev–Trinajstić information content (AvgIpc) is 3.15. The number of aliphatic hydroxyl groups excluding tert-OH is 1. The number of nitrogens with one attached hydrogen (secondary N) is 1. The molecule has 0 bridgehead atoms. The molecule has 0 amide bonds. The van der Waals surface area contributed by atoms with E-state index in [-0.39, 0.29) is 17.7 Å². The van der Waals surface area contributed by atoms with Crippen molar-refractivity contribution < 1.29 is 9.90 Å². The average molecular weight is 309 g/mol. The molecule has 2 N–H and O–H groups in total. The number of rotatable bonds is 6. The van der Waals surface area contributed by atoms with Crippen LogP contribution < -0.4 is 5.32 Å². The van der Waals surface area contributed by atoms with Crippen LogP contribution in [0.4, 0.5) is 0 Å². The molecule has 0 unspecified atom stereocenters. The SMILES string of the molecule is O=C(C[C@H](c1ccccc1)[C@H](O)c1ccccc1)[C@H]1CCCN1. The van der Waals surface area contributed by atoms with Crippen LogP contribution >= 0.6 is 0 Å². The monoisotopic (exact) mass is 309 g/mol. The number of carbonyl (C=O) groups excluding carboxylic acids is 1. The highest BCUT2D eigenvalue weighted by Gasteiger charge is 2.29. The summed E-state index contributed by atoms with van der Waals surface area (Å²) in [6.45, 7) is 0.910. The van der Waals surface area contributed by atoms with Crippen LogP contribution in [0.5, 0.6) is 0 Å². The minimum absolute atomic E-state index is 0.0517. The molecule has 23 heavy (non-hydrogen) atoms. The molecule has 3 atom stereocenters. The van der Waals surface area contributed by atoms with Gasteiger partial charge in [0.25, 0.3) is 0 Å². The van der Waals surface area contributed by atoms with Crippen molar-refractivity contribution in [2.24, 2.45) is 0 Å². The van der Waals surface area contributed by atoms with Crippen molar-refractivity contribution in [3.05, 3.63) is 71.8 Å². The molecule has 0 aliphatic carbocycles. The Balaban J connectivity index is 1.83. The number of hydrogen-bond donors (Lipinski definition) is 2. The zero-order valence-corrected chi connectivity index (χ0v) is 13.2. The molecule has 0 spiro atoms. The van der Waals surface area contributed by atoms with Crippen LogP contribution in [0.2, 0.25) is 0 Å². The topological polar surface area (TPSA) is 49.3 Å². The fourth-order valence-corrected chi connectivity index (χ4v) is 3.31. The minimum atomic E-state index is -0.677. The Kier molecular flexibility index (Phi) is 5.21. The molecule has 0 radical (unpaired) electrons. The molecule has 3 nitrogen and oxygen atoms in total. The Morgan fingerprint density at radius 2 is 1.65 bits per heavy atom. The molecule has 2 aromatic carbocycles. The summed E-state index contributed by atoms with van der Waals surface area (Å²) in [6, 6.07) is 19.4. The summed E-state index contributed by atoms with van der Waals surface area (Å²) in [5, 5.41) is 14.1. The van der Waals surface area contributed by atoms with Gasteiger partial charge in [0.2, 0.25) is 0 Å². The Bertz CT molecular complexity index is 621. The maximum Gasteiger partial charge on any atom is 0.150 e. The number of Topliss-reactive ketones (excluding diaryl/α,β-unsaturated/α-hetero) is 1. The number of ketones is 1. The number of aliphatic hydroxyl groups is 1. The zero-order valence-electron chi connectivity index (χ0n) is 13.2. The third kappa shape index (κ3) is 3.87. The quantitative estimate of drug-likeness (QED) is 0.861. The van der Waals surface area contributed by atoms with Crippen molar-refractivity contribution in [1.82, 2.24) is 5.32 Å². The van der Waals surface area contributed by atoms with E-state index in [1.807, 2.05) is 60.7 Å². The van der Waals surface area contributed by atoms with Crippen LogP contribution in [0.15, 0.2) is 60.7 Å². The molecule has 0 aromatic heterocycles. The summed E-state index contributed by atoms with van der Waals surface area (Å²) in [7, 11) is 0. The van der Waals surface area contributed by atoms with Crippen molar-refractivity contribution in [3.8, 4) is 0 Å². The molecule has 1 aliphatic heterocycles. The van der Waals surface area contributed by atoms with Crippen molar-refractivity contribution in [2.45, 2.75) is 37.3 Å². The van der Waals surface area contributed by atoms with Gasteiger partial charge >= 0.3 is 0 Å². The normalized spacial score (nSPS) is 20.1. The van der Waals surface area contributed by atoms with Crippen LogP contribution in [-0.4, -0.2) is 23.5 Å². The molecule has 1 fully saturated rings. The fourth-order valence-electron chi connectivity index (χ4n) is 3.31. The van der Waals surface area contributed by atoms with E-state index in [4.69, 9.17) is 0 Å². The maximum atomic E-state index is 12.6. The van der Waals surface area contributed by atoms with Crippen LogP contribution in [0.25, 0.3) is 0 Å². The lowest BCUT2D eigenvalue weighted by molar-refractivity contribution is -0.121. The molecule has 2 aromatic rings. The zero-order chi connectivity index (χ0) is 16.1. The summed E-state index contributed by atoms with van der Waals surface area (Å²) in [5.74, 6) is -0.0140. The van der Waals surface area contributed by atoms with Gasteiger partial charge in [-0.25, -0.2) is 0 Å². The maximum absolute atomic E-state index is 12.6. The lowest BCUT2D eigenvalue weighted by Gasteiger charge is -2.24. The van der Waals surface area contributed by atoms with E-state index in [1.165, 1.54) is 0 Å². The van der Waals surface area contributed by atoms with Gasteiger partial charge in [-0.15, -0.1) is 0 Å². The third-order valence-electron chi connectivity index (χ3n) is 4.62. The van der Waals surface area contributed by atoms with E-state index in [2.05, 4.69) is 5.32 Å². The second-order valence-corrected chi connectivity index (χ2v) is 6.19. The van der Waals surface area contributed by atoms with Crippen molar-refractivity contribution in [2.75, 3.05) is 6.54 Å². The van der Waals surface area contributed by atoms with Crippen molar-refractivity contribution >= 4 is 5.78 Å². The summed E-state index contributed by atoms with van der Waals surface area (Å²) in [4.78, 5) is 12.6. The van der Waals surface area contributed by atoms with Gasteiger partial charge in [-0.3, -0.25) is 4.79 Å². The van der Waals surface area contributed by atoms with Gasteiger partial charge in [-0.2, -0.15) is 0 Å². The second kappa shape index (κ2) is 7.53. The highest BCUT2D eigenvalue weighted by molar-refractivity contribution is 5.85. The molecule has 0 saturated carbocycles. The molecule has 1 heterocycles. The van der Waals surface area contributed by atoms with Gasteiger partial charge in [0.05, 0.1) is 12.1 Å².